The number of benzene rings is 1. The fourth-order valence-electron chi connectivity index (χ4n) is 4.56. The topological polar surface area (TPSA) is 75.3 Å². The molecule has 5 nitrogen and oxygen atoms in total. The average Bonchev–Trinajstić information content (AvgIpc) is 2.80. The van der Waals surface area contributed by atoms with Crippen LogP contribution >= 0.6 is 0 Å². The molecule has 0 radical (unpaired) electrons. The summed E-state index contributed by atoms with van der Waals surface area (Å²) in [5.41, 5.74) is 0.755. The van der Waals surface area contributed by atoms with E-state index in [4.69, 9.17) is 0 Å². The van der Waals surface area contributed by atoms with Crippen molar-refractivity contribution in [2.24, 2.45) is 16.7 Å². The highest BCUT2D eigenvalue weighted by atomic mass is 32.2. The number of carbonyl (C=O) groups excluding carboxylic acids is 1. The average molecular weight is 350 g/mol. The molecule has 2 aliphatic carbocycles. The number of amides is 1. The highest BCUT2D eigenvalue weighted by molar-refractivity contribution is 7.89. The molecule has 1 aromatic rings. The molecule has 132 valence electrons. The smallest absolute Gasteiger partial charge is 0.240 e. The molecule has 2 fully saturated rings. The number of carbonyl (C=O) groups is 1. The van der Waals surface area contributed by atoms with E-state index in [1.807, 2.05) is 0 Å². The predicted octanol–water partition coefficient (Wildman–Crippen LogP) is 3.14. The van der Waals surface area contributed by atoms with E-state index in [-0.39, 0.29) is 27.7 Å². The normalized spacial score (nSPS) is 31.2. The Morgan fingerprint density at radius 2 is 1.79 bits per heavy atom. The number of sulfonamides is 1. The molecule has 2 bridgehead atoms. The van der Waals surface area contributed by atoms with Gasteiger partial charge in [-0.25, -0.2) is 13.1 Å². The maximum Gasteiger partial charge on any atom is 0.240 e. The van der Waals surface area contributed by atoms with E-state index >= 15 is 0 Å². The summed E-state index contributed by atoms with van der Waals surface area (Å²) in [5, 5.41) is 2.64. The molecule has 1 amide bonds. The minimum atomic E-state index is -3.56. The summed E-state index contributed by atoms with van der Waals surface area (Å²) in [4.78, 5) is 11.3. The molecular weight excluding hydrogens is 324 g/mol. The van der Waals surface area contributed by atoms with Crippen LogP contribution in [0.3, 0.4) is 0 Å². The fraction of sp³-hybridized carbons (Fsp3) is 0.611. The van der Waals surface area contributed by atoms with Gasteiger partial charge in [-0.15, -0.1) is 0 Å². The number of hydrogen-bond acceptors (Lipinski definition) is 3. The van der Waals surface area contributed by atoms with Gasteiger partial charge in [0, 0.05) is 18.7 Å². The van der Waals surface area contributed by atoms with Crippen molar-refractivity contribution in [3.05, 3.63) is 24.3 Å². The van der Waals surface area contributed by atoms with Gasteiger partial charge in [0.2, 0.25) is 15.9 Å². The quantitative estimate of drug-likeness (QED) is 0.876. The van der Waals surface area contributed by atoms with Gasteiger partial charge in [0.15, 0.2) is 0 Å². The van der Waals surface area contributed by atoms with Crippen molar-refractivity contribution in [3.63, 3.8) is 0 Å². The second-order valence-corrected chi connectivity index (χ2v) is 9.70. The van der Waals surface area contributed by atoms with Crippen LogP contribution in [0.2, 0.25) is 0 Å². The maximum atomic E-state index is 12.8. The highest BCUT2D eigenvalue weighted by Gasteiger charge is 2.61. The van der Waals surface area contributed by atoms with Gasteiger partial charge in [-0.05, 0) is 60.3 Å². The minimum Gasteiger partial charge on any atom is -0.326 e. The highest BCUT2D eigenvalue weighted by Crippen LogP contribution is 2.65. The zero-order valence-electron chi connectivity index (χ0n) is 14.7. The zero-order chi connectivity index (χ0) is 17.8. The van der Waals surface area contributed by atoms with Crippen LogP contribution in [0, 0.1) is 16.7 Å². The Kier molecular flexibility index (Phi) is 4.04. The van der Waals surface area contributed by atoms with Crippen molar-refractivity contribution >= 4 is 21.6 Å². The Morgan fingerprint density at radius 1 is 1.17 bits per heavy atom. The van der Waals surface area contributed by atoms with Gasteiger partial charge in [-0.1, -0.05) is 20.8 Å². The van der Waals surface area contributed by atoms with E-state index in [9.17, 15) is 13.2 Å². The molecule has 1 aromatic carbocycles. The largest absolute Gasteiger partial charge is 0.326 e. The second-order valence-electron chi connectivity index (χ2n) is 7.99. The van der Waals surface area contributed by atoms with Gasteiger partial charge in [-0.3, -0.25) is 4.79 Å². The van der Waals surface area contributed by atoms with Gasteiger partial charge < -0.3 is 5.32 Å². The first-order chi connectivity index (χ1) is 11.1. The standard InChI is InChI=1S/C18H26N2O3S/c1-12(21)19-14-5-7-15(8-6-14)24(22,23)20-16-11-13-9-10-18(16,4)17(13,2)3/h5-8,13,16,20H,9-11H2,1-4H3,(H,19,21). The molecule has 3 unspecified atom stereocenters. The summed E-state index contributed by atoms with van der Waals surface area (Å²) in [6.45, 7) is 8.17. The van der Waals surface area contributed by atoms with Gasteiger partial charge in [0.05, 0.1) is 4.90 Å². The lowest BCUT2D eigenvalue weighted by atomic mass is 9.69. The maximum absolute atomic E-state index is 12.8. The van der Waals surface area contributed by atoms with Crippen molar-refractivity contribution in [1.82, 2.24) is 4.72 Å². The van der Waals surface area contributed by atoms with E-state index in [0.29, 0.717) is 11.6 Å². The SMILES string of the molecule is CC(=O)Nc1ccc(S(=O)(=O)NC2CC3CCC2(C)C3(C)C)cc1. The first-order valence-electron chi connectivity index (χ1n) is 8.46. The van der Waals surface area contributed by atoms with Crippen molar-refractivity contribution in [2.45, 2.75) is 57.9 Å². The molecule has 6 heteroatoms. The van der Waals surface area contributed by atoms with Crippen LogP contribution in [0.25, 0.3) is 0 Å². The third-order valence-corrected chi connectivity index (χ3v) is 8.06. The summed E-state index contributed by atoms with van der Waals surface area (Å²) in [6, 6.07) is 6.28. The van der Waals surface area contributed by atoms with Crippen molar-refractivity contribution in [2.75, 3.05) is 5.32 Å². The molecule has 0 saturated heterocycles. The number of hydrogen-bond donors (Lipinski definition) is 2. The lowest BCUT2D eigenvalue weighted by Crippen LogP contribution is -2.46. The van der Waals surface area contributed by atoms with E-state index in [2.05, 4.69) is 30.8 Å². The Morgan fingerprint density at radius 3 is 2.25 bits per heavy atom. The van der Waals surface area contributed by atoms with Crippen LogP contribution < -0.4 is 10.0 Å². The lowest BCUT2D eigenvalue weighted by molar-refractivity contribution is -0.114. The third-order valence-electron chi connectivity index (χ3n) is 6.58. The molecular formula is C18H26N2O3S. The molecule has 2 saturated carbocycles. The van der Waals surface area contributed by atoms with E-state index in [1.165, 1.54) is 25.5 Å². The van der Waals surface area contributed by atoms with Gasteiger partial charge in [-0.2, -0.15) is 0 Å². The van der Waals surface area contributed by atoms with Crippen molar-refractivity contribution < 1.29 is 13.2 Å². The Balaban J connectivity index is 1.79. The van der Waals surface area contributed by atoms with Crippen LogP contribution in [-0.2, 0) is 14.8 Å². The number of rotatable bonds is 4. The summed E-state index contributed by atoms with van der Waals surface area (Å²) in [6.07, 6.45) is 3.17. The van der Waals surface area contributed by atoms with E-state index in [1.54, 1.807) is 12.1 Å². The van der Waals surface area contributed by atoms with Crippen LogP contribution in [0.5, 0.6) is 0 Å². The molecule has 0 spiro atoms. The number of nitrogens with one attached hydrogen (secondary N) is 2. The molecule has 2 aliphatic rings. The first-order valence-corrected chi connectivity index (χ1v) is 9.94. The van der Waals surface area contributed by atoms with Crippen molar-refractivity contribution in [3.8, 4) is 0 Å². The second kappa shape index (κ2) is 5.56. The van der Waals surface area contributed by atoms with Crippen LogP contribution in [0.15, 0.2) is 29.2 Å². The monoisotopic (exact) mass is 350 g/mol. The van der Waals surface area contributed by atoms with Gasteiger partial charge in [0.25, 0.3) is 0 Å². The summed E-state index contributed by atoms with van der Waals surface area (Å²) in [7, 11) is -3.56. The molecule has 0 aromatic heterocycles. The Labute approximate surface area is 144 Å². The number of anilines is 1. The van der Waals surface area contributed by atoms with Crippen molar-refractivity contribution in [1.29, 1.82) is 0 Å². The predicted molar refractivity (Wildman–Crippen MR) is 94.1 cm³/mol. The van der Waals surface area contributed by atoms with E-state index in [0.717, 1.165) is 12.8 Å². The fourth-order valence-corrected chi connectivity index (χ4v) is 5.92. The molecule has 0 heterocycles. The Hall–Kier alpha value is -1.40. The number of fused-ring (bicyclic) bond motifs is 2. The molecule has 2 N–H and O–H groups in total. The Bertz CT molecular complexity index is 755. The summed E-state index contributed by atoms with van der Waals surface area (Å²) in [5.74, 6) is 0.401. The third kappa shape index (κ3) is 2.65. The van der Waals surface area contributed by atoms with Gasteiger partial charge >= 0.3 is 0 Å². The molecule has 3 atom stereocenters. The van der Waals surface area contributed by atoms with Gasteiger partial charge in [0.1, 0.15) is 0 Å². The first kappa shape index (κ1) is 17.4. The van der Waals surface area contributed by atoms with Crippen LogP contribution in [-0.4, -0.2) is 20.4 Å². The molecule has 3 rings (SSSR count). The minimum absolute atomic E-state index is 0.000856. The lowest BCUT2D eigenvalue weighted by Gasteiger charge is -2.39. The molecule has 24 heavy (non-hydrogen) atoms. The van der Waals surface area contributed by atoms with E-state index < -0.39 is 10.0 Å². The van der Waals surface area contributed by atoms with Crippen LogP contribution in [0.4, 0.5) is 5.69 Å². The summed E-state index contributed by atoms with van der Waals surface area (Å²) < 4.78 is 28.4. The summed E-state index contributed by atoms with van der Waals surface area (Å²) >= 11 is 0. The van der Waals surface area contributed by atoms with Crippen LogP contribution in [0.1, 0.15) is 47.0 Å². The zero-order valence-corrected chi connectivity index (χ0v) is 15.5. The molecule has 0 aliphatic heterocycles.